The fourth-order valence-corrected chi connectivity index (χ4v) is 3.59. The predicted molar refractivity (Wildman–Crippen MR) is 115 cm³/mol. The molecule has 7 nitrogen and oxygen atoms in total. The van der Waals surface area contributed by atoms with Crippen LogP contribution >= 0.6 is 0 Å². The number of morpholine rings is 1. The van der Waals surface area contributed by atoms with E-state index in [1.54, 1.807) is 18.0 Å². The summed E-state index contributed by atoms with van der Waals surface area (Å²) in [7, 11) is 0. The molecule has 0 atom stereocenters. The van der Waals surface area contributed by atoms with Gasteiger partial charge in [0.05, 0.1) is 32.1 Å². The van der Waals surface area contributed by atoms with E-state index in [1.807, 2.05) is 25.1 Å². The lowest BCUT2D eigenvalue weighted by atomic mass is 9.97. The first-order valence-corrected chi connectivity index (χ1v) is 10.4. The Bertz CT molecular complexity index is 864. The number of carbonyl (C=O) groups excluding carboxylic acids is 2. The van der Waals surface area contributed by atoms with Crippen molar-refractivity contribution in [2.24, 2.45) is 0 Å². The van der Waals surface area contributed by atoms with E-state index in [0.717, 1.165) is 16.7 Å². The van der Waals surface area contributed by atoms with Crippen LogP contribution < -0.4 is 5.32 Å². The van der Waals surface area contributed by atoms with Crippen molar-refractivity contribution < 1.29 is 19.1 Å². The summed E-state index contributed by atoms with van der Waals surface area (Å²) >= 11 is 0. The number of amides is 1. The molecule has 2 aromatic rings. The van der Waals surface area contributed by atoms with Gasteiger partial charge in [0.25, 0.3) is 0 Å². The monoisotopic (exact) mass is 411 g/mol. The molecule has 0 bridgehead atoms. The molecule has 2 heterocycles. The number of pyridine rings is 1. The Balaban J connectivity index is 1.88. The van der Waals surface area contributed by atoms with Crippen LogP contribution in [0, 0.1) is 0 Å². The fourth-order valence-electron chi connectivity index (χ4n) is 3.59. The van der Waals surface area contributed by atoms with Gasteiger partial charge in [0, 0.05) is 19.3 Å². The highest BCUT2D eigenvalue weighted by atomic mass is 16.5. The van der Waals surface area contributed by atoms with Crippen molar-refractivity contribution >= 4 is 17.6 Å². The summed E-state index contributed by atoms with van der Waals surface area (Å²) < 4.78 is 10.5. The van der Waals surface area contributed by atoms with Crippen molar-refractivity contribution in [2.75, 3.05) is 44.8 Å². The van der Waals surface area contributed by atoms with Crippen LogP contribution in [0.25, 0.3) is 0 Å². The number of benzene rings is 1. The Hall–Kier alpha value is -2.93. The van der Waals surface area contributed by atoms with Crippen LogP contribution in [-0.4, -0.2) is 61.2 Å². The second-order valence-corrected chi connectivity index (χ2v) is 7.07. The van der Waals surface area contributed by atoms with Crippen LogP contribution in [0.5, 0.6) is 0 Å². The SMILES string of the molecule is CCOC(=O)c1ncc(Cc2ccccc2)c(CC)c1NCC(=O)N1CCOCC1. The van der Waals surface area contributed by atoms with E-state index in [9.17, 15) is 9.59 Å². The first kappa shape index (κ1) is 21.8. The molecule has 0 spiro atoms. The van der Waals surface area contributed by atoms with Crippen LogP contribution in [0.3, 0.4) is 0 Å². The summed E-state index contributed by atoms with van der Waals surface area (Å²) in [5.41, 5.74) is 3.98. The van der Waals surface area contributed by atoms with Gasteiger partial charge >= 0.3 is 5.97 Å². The zero-order valence-electron chi connectivity index (χ0n) is 17.6. The smallest absolute Gasteiger partial charge is 0.359 e. The van der Waals surface area contributed by atoms with E-state index in [2.05, 4.69) is 22.4 Å². The van der Waals surface area contributed by atoms with Gasteiger partial charge in [-0.2, -0.15) is 0 Å². The van der Waals surface area contributed by atoms with E-state index in [1.165, 1.54) is 0 Å². The normalized spacial score (nSPS) is 13.7. The maximum atomic E-state index is 12.6. The summed E-state index contributed by atoms with van der Waals surface area (Å²) in [5.74, 6) is -0.511. The van der Waals surface area contributed by atoms with E-state index >= 15 is 0 Å². The average molecular weight is 412 g/mol. The van der Waals surface area contributed by atoms with Crippen LogP contribution in [0.4, 0.5) is 5.69 Å². The number of hydrogen-bond donors (Lipinski definition) is 1. The van der Waals surface area contributed by atoms with Crippen molar-refractivity contribution in [2.45, 2.75) is 26.7 Å². The van der Waals surface area contributed by atoms with Gasteiger partial charge in [-0.25, -0.2) is 9.78 Å². The molecule has 0 radical (unpaired) electrons. The highest BCUT2D eigenvalue weighted by molar-refractivity contribution is 5.95. The molecule has 0 saturated carbocycles. The number of nitrogens with zero attached hydrogens (tertiary/aromatic N) is 2. The Morgan fingerprint density at radius 3 is 2.57 bits per heavy atom. The summed E-state index contributed by atoms with van der Waals surface area (Å²) in [6, 6.07) is 10.1. The number of ether oxygens (including phenoxy) is 2. The van der Waals surface area contributed by atoms with Gasteiger partial charge in [0.15, 0.2) is 5.69 Å². The van der Waals surface area contributed by atoms with Crippen LogP contribution in [-0.2, 0) is 27.1 Å². The molecular formula is C23H29N3O4. The lowest BCUT2D eigenvalue weighted by Crippen LogP contribution is -2.43. The van der Waals surface area contributed by atoms with Gasteiger partial charge < -0.3 is 19.7 Å². The van der Waals surface area contributed by atoms with Crippen LogP contribution in [0.15, 0.2) is 36.5 Å². The molecule has 160 valence electrons. The molecule has 1 fully saturated rings. The molecule has 1 aromatic carbocycles. The third-order valence-electron chi connectivity index (χ3n) is 5.12. The fraction of sp³-hybridized carbons (Fsp3) is 0.435. The number of aromatic nitrogens is 1. The first-order valence-electron chi connectivity index (χ1n) is 10.4. The summed E-state index contributed by atoms with van der Waals surface area (Å²) in [5, 5.41) is 3.20. The van der Waals surface area contributed by atoms with Crippen LogP contribution in [0.1, 0.15) is 41.0 Å². The zero-order chi connectivity index (χ0) is 21.3. The molecule has 1 aliphatic heterocycles. The molecule has 1 amide bonds. The molecule has 30 heavy (non-hydrogen) atoms. The zero-order valence-corrected chi connectivity index (χ0v) is 17.6. The highest BCUT2D eigenvalue weighted by Gasteiger charge is 2.22. The summed E-state index contributed by atoms with van der Waals surface area (Å²) in [6.45, 7) is 6.42. The molecule has 1 aromatic heterocycles. The van der Waals surface area contributed by atoms with Crippen molar-refractivity contribution in [3.8, 4) is 0 Å². The second kappa shape index (κ2) is 10.7. The van der Waals surface area contributed by atoms with E-state index in [0.29, 0.717) is 44.8 Å². The maximum absolute atomic E-state index is 12.6. The second-order valence-electron chi connectivity index (χ2n) is 7.07. The molecule has 1 saturated heterocycles. The number of hydrogen-bond acceptors (Lipinski definition) is 6. The quantitative estimate of drug-likeness (QED) is 0.673. The van der Waals surface area contributed by atoms with Gasteiger partial charge in [-0.05, 0) is 36.5 Å². The lowest BCUT2D eigenvalue weighted by Gasteiger charge is -2.27. The Morgan fingerprint density at radius 2 is 1.90 bits per heavy atom. The van der Waals surface area contributed by atoms with Gasteiger partial charge in [0.2, 0.25) is 5.91 Å². The minimum atomic E-state index is -0.486. The number of esters is 1. The van der Waals surface area contributed by atoms with Crippen LogP contribution in [0.2, 0.25) is 0 Å². The van der Waals surface area contributed by atoms with Crippen molar-refractivity contribution in [3.05, 3.63) is 58.9 Å². The molecule has 0 aliphatic carbocycles. The van der Waals surface area contributed by atoms with Gasteiger partial charge in [0.1, 0.15) is 0 Å². The predicted octanol–water partition coefficient (Wildman–Crippen LogP) is 2.68. The lowest BCUT2D eigenvalue weighted by molar-refractivity contribution is -0.133. The topological polar surface area (TPSA) is 80.8 Å². The van der Waals surface area contributed by atoms with Crippen molar-refractivity contribution in [1.29, 1.82) is 0 Å². The van der Waals surface area contributed by atoms with E-state index in [-0.39, 0.29) is 24.8 Å². The summed E-state index contributed by atoms with van der Waals surface area (Å²) in [6.07, 6.45) is 3.14. The minimum Gasteiger partial charge on any atom is -0.461 e. The molecule has 7 heteroatoms. The highest BCUT2D eigenvalue weighted by Crippen LogP contribution is 2.26. The average Bonchev–Trinajstić information content (AvgIpc) is 2.78. The van der Waals surface area contributed by atoms with Gasteiger partial charge in [-0.1, -0.05) is 37.3 Å². The third-order valence-corrected chi connectivity index (χ3v) is 5.12. The van der Waals surface area contributed by atoms with E-state index < -0.39 is 5.97 Å². The Labute approximate surface area is 177 Å². The van der Waals surface area contributed by atoms with E-state index in [4.69, 9.17) is 9.47 Å². The first-order chi connectivity index (χ1) is 14.6. The summed E-state index contributed by atoms with van der Waals surface area (Å²) in [4.78, 5) is 31.3. The number of nitrogens with one attached hydrogen (secondary N) is 1. The Morgan fingerprint density at radius 1 is 1.17 bits per heavy atom. The van der Waals surface area contributed by atoms with Gasteiger partial charge in [-0.3, -0.25) is 4.79 Å². The third kappa shape index (κ3) is 5.36. The molecule has 1 N–H and O–H groups in total. The molecule has 3 rings (SSSR count). The van der Waals surface area contributed by atoms with Crippen molar-refractivity contribution in [3.63, 3.8) is 0 Å². The van der Waals surface area contributed by atoms with Crippen molar-refractivity contribution in [1.82, 2.24) is 9.88 Å². The largest absolute Gasteiger partial charge is 0.461 e. The molecular weight excluding hydrogens is 382 g/mol. The standard InChI is InChI=1S/C23H29N3O4/c1-3-19-18(14-17-8-6-5-7-9-17)15-24-22(23(28)30-4-2)21(19)25-16-20(27)26-10-12-29-13-11-26/h5-9,15,25H,3-4,10-14,16H2,1-2H3. The molecule has 0 unspecified atom stereocenters. The molecule has 1 aliphatic rings. The number of carbonyl (C=O) groups is 2. The van der Waals surface area contributed by atoms with Gasteiger partial charge in [-0.15, -0.1) is 0 Å². The Kier molecular flexibility index (Phi) is 7.79. The minimum absolute atomic E-state index is 0.0244. The maximum Gasteiger partial charge on any atom is 0.359 e. The number of anilines is 1. The number of rotatable bonds is 8.